The van der Waals surface area contributed by atoms with Crippen LogP contribution in [0.25, 0.3) is 0 Å². The monoisotopic (exact) mass is 676 g/mol. The Kier molecular flexibility index (Phi) is 19.6. The normalized spacial score (nSPS) is 9.17. The van der Waals surface area contributed by atoms with Crippen LogP contribution >= 0.6 is 0 Å². The van der Waals surface area contributed by atoms with Crippen molar-refractivity contribution in [3.8, 4) is 11.5 Å². The molecule has 0 aliphatic carbocycles. The number of anilines is 2. The number of nitro groups is 2. The Morgan fingerprint density at radius 3 is 1.67 bits per heavy atom. The van der Waals surface area contributed by atoms with Gasteiger partial charge in [0.15, 0.2) is 0 Å². The number of nitrogen functional groups attached to an aromatic ring is 1. The van der Waals surface area contributed by atoms with E-state index in [1.807, 2.05) is 6.92 Å². The summed E-state index contributed by atoms with van der Waals surface area (Å²) >= 11 is 0. The molecule has 2 aromatic carbocycles. The van der Waals surface area contributed by atoms with E-state index in [9.17, 15) is 38.6 Å². The maximum absolute atomic E-state index is 12.7. The van der Waals surface area contributed by atoms with Gasteiger partial charge in [-0.2, -0.15) is 8.78 Å². The molecule has 17 heteroatoms. The second-order valence-corrected chi connectivity index (χ2v) is 8.28. The van der Waals surface area contributed by atoms with Gasteiger partial charge in [-0.15, -0.1) is 0 Å². The molecule has 0 aliphatic rings. The fraction of sp³-hybridized carbons (Fsp3) is 0.226. The number of halogens is 2. The summed E-state index contributed by atoms with van der Waals surface area (Å²) in [6.07, 6.45) is 2.02. The fourth-order valence-corrected chi connectivity index (χ4v) is 3.17. The number of nitro benzene ring substituents is 2. The van der Waals surface area contributed by atoms with Crippen molar-refractivity contribution in [3.63, 3.8) is 0 Å². The number of hydrogen-bond acceptors (Lipinski definition) is 11. The largest absolute Gasteiger partial charge is 0.494 e. The first-order chi connectivity index (χ1) is 21.4. The van der Waals surface area contributed by atoms with Gasteiger partial charge in [0.25, 0.3) is 17.3 Å². The highest BCUT2D eigenvalue weighted by atomic mass is 19.1. The molecule has 15 nitrogen and oxygen atoms in total. The van der Waals surface area contributed by atoms with Crippen LogP contribution in [0.4, 0.5) is 31.5 Å². The van der Waals surface area contributed by atoms with E-state index in [0.717, 1.165) is 30.6 Å². The minimum absolute atomic E-state index is 0. The fourth-order valence-electron chi connectivity index (χ4n) is 3.17. The smallest absolute Gasteiger partial charge is 0.337 e. The first-order valence-electron chi connectivity index (χ1n) is 12.7. The topological polar surface area (TPSA) is 223 Å². The number of amides is 1. The van der Waals surface area contributed by atoms with Gasteiger partial charge < -0.3 is 25.6 Å². The quantitative estimate of drug-likeness (QED) is 0.0693. The molecule has 260 valence electrons. The van der Waals surface area contributed by atoms with Gasteiger partial charge in [-0.1, -0.05) is 22.3 Å². The molecule has 0 saturated carbocycles. The van der Waals surface area contributed by atoms with Crippen LogP contribution in [-0.4, -0.2) is 50.0 Å². The van der Waals surface area contributed by atoms with E-state index in [0.29, 0.717) is 24.7 Å². The summed E-state index contributed by atoms with van der Waals surface area (Å²) in [5, 5.41) is 32.2. The lowest BCUT2D eigenvalue weighted by molar-refractivity contribution is -0.384. The molecular formula is C31H38F2N6O9. The Hall–Kier alpha value is -6.26. The molecule has 1 amide bonds. The van der Waals surface area contributed by atoms with E-state index in [1.54, 1.807) is 13.0 Å². The Morgan fingerprint density at radius 1 is 0.792 bits per heavy atom. The number of rotatable bonds is 9. The molecule has 0 atom stereocenters. The van der Waals surface area contributed by atoms with Crippen molar-refractivity contribution < 1.29 is 42.8 Å². The summed E-state index contributed by atoms with van der Waals surface area (Å²) in [4.78, 5) is 49.0. The first kappa shape index (κ1) is 43.9. The van der Waals surface area contributed by atoms with E-state index in [1.165, 1.54) is 36.4 Å². The second kappa shape index (κ2) is 21.5. The lowest BCUT2D eigenvalue weighted by Gasteiger charge is -2.08. The zero-order valence-electron chi connectivity index (χ0n) is 23.7. The molecule has 2 aromatic heterocycles. The molecule has 4 rings (SSSR count). The van der Waals surface area contributed by atoms with Crippen molar-refractivity contribution in [1.82, 2.24) is 9.97 Å². The number of nitrogens with one attached hydrogen (secondary N) is 1. The van der Waals surface area contributed by atoms with Crippen molar-refractivity contribution in [2.24, 2.45) is 0 Å². The summed E-state index contributed by atoms with van der Waals surface area (Å²) in [5.41, 5.74) is 5.21. The van der Waals surface area contributed by atoms with Crippen LogP contribution in [0.5, 0.6) is 11.5 Å². The highest BCUT2D eigenvalue weighted by molar-refractivity contribution is 6.05. The van der Waals surface area contributed by atoms with Gasteiger partial charge in [-0.25, -0.2) is 14.8 Å². The zero-order chi connectivity index (χ0) is 33.5. The summed E-state index contributed by atoms with van der Waals surface area (Å²) in [5.74, 6) is -2.33. The van der Waals surface area contributed by atoms with Crippen molar-refractivity contribution in [2.75, 3.05) is 24.3 Å². The van der Waals surface area contributed by atoms with Crippen LogP contribution in [0.3, 0.4) is 0 Å². The molecule has 48 heavy (non-hydrogen) atoms. The number of carbonyl (C=O) groups is 2. The third-order valence-electron chi connectivity index (χ3n) is 5.20. The molecule has 0 radical (unpaired) electrons. The Labute approximate surface area is 275 Å². The maximum atomic E-state index is 12.7. The zero-order valence-corrected chi connectivity index (χ0v) is 23.7. The molecule has 0 unspecified atom stereocenters. The SMILES string of the molecule is C.C.C.CCOc1ccc(N)c([N+](=O)[O-])c1.CCOc1ccc(NC(=O)c2ccc(F)nc2)c([N+](=O)[O-])c1.O=C(O)c1ccc(F)nc1. The van der Waals surface area contributed by atoms with E-state index in [4.69, 9.17) is 20.3 Å². The molecule has 2 heterocycles. The van der Waals surface area contributed by atoms with Gasteiger partial charge in [0.2, 0.25) is 11.9 Å². The number of carbonyl (C=O) groups excluding carboxylic acids is 1. The molecule has 0 aliphatic heterocycles. The lowest BCUT2D eigenvalue weighted by atomic mass is 10.2. The Bertz CT molecular complexity index is 1640. The molecule has 0 bridgehead atoms. The second-order valence-electron chi connectivity index (χ2n) is 8.28. The lowest BCUT2D eigenvalue weighted by Crippen LogP contribution is -2.13. The number of ether oxygens (including phenoxy) is 2. The molecule has 4 N–H and O–H groups in total. The van der Waals surface area contributed by atoms with Crippen LogP contribution < -0.4 is 20.5 Å². The van der Waals surface area contributed by atoms with E-state index < -0.39 is 33.6 Å². The predicted molar refractivity (Wildman–Crippen MR) is 176 cm³/mol. The van der Waals surface area contributed by atoms with Crippen molar-refractivity contribution in [3.05, 3.63) is 116 Å². The molecule has 4 aromatic rings. The number of nitrogens with two attached hydrogens (primary N) is 1. The summed E-state index contributed by atoms with van der Waals surface area (Å²) < 4.78 is 35.0. The predicted octanol–water partition coefficient (Wildman–Crippen LogP) is 7.18. The van der Waals surface area contributed by atoms with Gasteiger partial charge >= 0.3 is 5.97 Å². The van der Waals surface area contributed by atoms with Gasteiger partial charge in [0.05, 0.1) is 46.3 Å². The van der Waals surface area contributed by atoms with Gasteiger partial charge in [-0.05, 0) is 62.4 Å². The molecule has 0 saturated heterocycles. The number of aromatic nitrogens is 2. The third kappa shape index (κ3) is 13.8. The minimum Gasteiger partial charge on any atom is -0.494 e. The average molecular weight is 677 g/mol. The summed E-state index contributed by atoms with van der Waals surface area (Å²) in [6.45, 7) is 4.40. The van der Waals surface area contributed by atoms with E-state index in [2.05, 4.69) is 15.3 Å². The third-order valence-corrected chi connectivity index (χ3v) is 5.20. The van der Waals surface area contributed by atoms with Crippen molar-refractivity contribution in [2.45, 2.75) is 36.1 Å². The van der Waals surface area contributed by atoms with Crippen LogP contribution in [-0.2, 0) is 0 Å². The highest BCUT2D eigenvalue weighted by Crippen LogP contribution is 2.29. The number of carboxylic acid groups (broad SMARTS) is 1. The maximum Gasteiger partial charge on any atom is 0.337 e. The van der Waals surface area contributed by atoms with Gasteiger partial charge in [-0.3, -0.25) is 25.0 Å². The Balaban J connectivity index is 0. The van der Waals surface area contributed by atoms with Crippen LogP contribution in [0, 0.1) is 32.1 Å². The number of aromatic carboxylic acids is 1. The number of pyridine rings is 2. The minimum atomic E-state index is -1.10. The van der Waals surface area contributed by atoms with Gasteiger partial charge in [0.1, 0.15) is 22.9 Å². The first-order valence-corrected chi connectivity index (χ1v) is 12.7. The Morgan fingerprint density at radius 2 is 1.25 bits per heavy atom. The number of hydrogen-bond donors (Lipinski definition) is 3. The molecular weight excluding hydrogens is 638 g/mol. The average Bonchev–Trinajstić information content (AvgIpc) is 3.00. The summed E-state index contributed by atoms with van der Waals surface area (Å²) in [6, 6.07) is 12.9. The van der Waals surface area contributed by atoms with Gasteiger partial charge in [0, 0.05) is 12.4 Å². The molecule has 0 spiro atoms. The summed E-state index contributed by atoms with van der Waals surface area (Å²) in [7, 11) is 0. The number of benzene rings is 2. The van der Waals surface area contributed by atoms with Crippen LogP contribution in [0.1, 0.15) is 56.8 Å². The molecule has 0 fully saturated rings. The van der Waals surface area contributed by atoms with Crippen molar-refractivity contribution in [1.29, 1.82) is 0 Å². The van der Waals surface area contributed by atoms with E-state index >= 15 is 0 Å². The standard InChI is InChI=1S/C14H12FN3O4.C8H10N2O3.C6H4FNO2.3CH4/c1-2-22-10-4-5-11(12(7-10)18(20)21)17-14(19)9-3-6-13(15)16-8-9;1-2-13-6-3-4-7(9)8(5-6)10(11)12;7-5-2-1-4(3-8-5)6(9)10;;;/h3-8H,2H2,1H3,(H,17,19);3-5H,2,9H2,1H3;1-3H,(H,9,10);3*1H4. The number of nitrogens with zero attached hydrogens (tertiary/aromatic N) is 4. The van der Waals surface area contributed by atoms with Crippen LogP contribution in [0.15, 0.2) is 73.1 Å². The van der Waals surface area contributed by atoms with Crippen LogP contribution in [0.2, 0.25) is 0 Å². The highest BCUT2D eigenvalue weighted by Gasteiger charge is 2.18. The van der Waals surface area contributed by atoms with Crippen molar-refractivity contribution >= 4 is 34.6 Å². The van der Waals surface area contributed by atoms with E-state index in [-0.39, 0.29) is 56.2 Å². The number of carboxylic acids is 1.